The first-order valence-corrected chi connectivity index (χ1v) is 18.7. The average molecular weight is 751 g/mol. The lowest BCUT2D eigenvalue weighted by molar-refractivity contribution is -0.121. The molecule has 4 N–H and O–H groups in total. The second-order valence-electron chi connectivity index (χ2n) is 14.7. The van der Waals surface area contributed by atoms with Gasteiger partial charge in [0, 0.05) is 49.3 Å². The molecule has 54 heavy (non-hydrogen) atoms. The molecule has 2 unspecified atom stereocenters. The fourth-order valence-electron chi connectivity index (χ4n) is 6.15. The van der Waals surface area contributed by atoms with Crippen molar-refractivity contribution in [1.29, 1.82) is 0 Å². The number of nitrogens with zero attached hydrogens (tertiary/aromatic N) is 1. The molecule has 3 aromatic rings. The molecule has 0 bridgehead atoms. The van der Waals surface area contributed by atoms with E-state index in [0.717, 1.165) is 36.6 Å². The molecule has 0 fully saturated rings. The molecule has 0 aliphatic carbocycles. The Balaban J connectivity index is 1.69. The molecule has 3 rings (SSSR count). The number of rotatable bonds is 19. The van der Waals surface area contributed by atoms with E-state index < -0.39 is 41.4 Å². The zero-order chi connectivity index (χ0) is 39.8. The van der Waals surface area contributed by atoms with Gasteiger partial charge < -0.3 is 30.7 Å². The molecule has 12 heteroatoms. The highest BCUT2D eigenvalue weighted by atomic mass is 19.1. The highest BCUT2D eigenvalue weighted by Gasteiger charge is 2.25. The lowest BCUT2D eigenvalue weighted by Crippen LogP contribution is -2.46. The van der Waals surface area contributed by atoms with Gasteiger partial charge in [-0.05, 0) is 113 Å². The van der Waals surface area contributed by atoms with Crippen LogP contribution in [-0.2, 0) is 22.4 Å². The first-order valence-electron chi connectivity index (χ1n) is 18.7. The molecule has 0 saturated heterocycles. The third kappa shape index (κ3) is 15.3. The number of carbonyl (C=O) groups is 4. The lowest BCUT2D eigenvalue weighted by atomic mass is 9.97. The molecule has 294 valence electrons. The molecule has 0 aromatic heterocycles. The van der Waals surface area contributed by atoms with Gasteiger partial charge in [-0.3, -0.25) is 14.4 Å². The van der Waals surface area contributed by atoms with Crippen LogP contribution in [0.5, 0.6) is 0 Å². The van der Waals surface area contributed by atoms with E-state index in [2.05, 4.69) is 16.0 Å². The molecule has 0 radical (unpaired) electrons. The van der Waals surface area contributed by atoms with Gasteiger partial charge in [0.15, 0.2) is 0 Å². The third-order valence-corrected chi connectivity index (χ3v) is 8.55. The number of hydrogen-bond donors (Lipinski definition) is 4. The standard InChI is InChI=1S/C42H56F2N4O6/c1-7-18-48(19-8-2)40(52)32-21-28(3)20-31(26-32)39(51)47-36(25-30-22-33(43)27-34(44)23-30)37(49)16-17-45-38(50)15-14-35(24-29-12-10-9-11-13-29)46-41(53)54-42(4,5)6/h9-13,20-23,26-27,35-37,49H,7-8,14-19,24-25H2,1-6H3,(H,45,50)(H,46,53)(H,47,51)/t35-,36?,37?/m0/s1. The molecule has 0 saturated carbocycles. The number of ether oxygens (including phenoxy) is 1. The van der Waals surface area contributed by atoms with Gasteiger partial charge in [0.1, 0.15) is 17.2 Å². The SMILES string of the molecule is CCCN(CCC)C(=O)c1cc(C)cc(C(=O)NC(Cc2cc(F)cc(F)c2)C(O)CCNC(=O)CC[C@@H](Cc2ccccc2)NC(=O)OC(C)(C)C)c1. The largest absolute Gasteiger partial charge is 0.444 e. The van der Waals surface area contributed by atoms with Crippen LogP contribution in [0.2, 0.25) is 0 Å². The Bertz CT molecular complexity index is 1670. The molecule has 4 amide bonds. The quantitative estimate of drug-likeness (QED) is 0.108. The average Bonchev–Trinajstić information content (AvgIpc) is 3.08. The van der Waals surface area contributed by atoms with E-state index in [1.54, 1.807) is 44.7 Å². The molecule has 10 nitrogen and oxygen atoms in total. The van der Waals surface area contributed by atoms with Gasteiger partial charge in [-0.2, -0.15) is 0 Å². The summed E-state index contributed by atoms with van der Waals surface area (Å²) in [5.74, 6) is -2.66. The van der Waals surface area contributed by atoms with Gasteiger partial charge in [0.25, 0.3) is 11.8 Å². The van der Waals surface area contributed by atoms with Gasteiger partial charge in [-0.25, -0.2) is 13.6 Å². The Morgan fingerprint density at radius 3 is 2.06 bits per heavy atom. The molecular weight excluding hydrogens is 694 g/mol. The molecule has 3 atom stereocenters. The Morgan fingerprint density at radius 2 is 1.44 bits per heavy atom. The van der Waals surface area contributed by atoms with Crippen LogP contribution < -0.4 is 16.0 Å². The number of benzene rings is 3. The fourth-order valence-corrected chi connectivity index (χ4v) is 6.15. The number of carbonyl (C=O) groups excluding carboxylic acids is 4. The van der Waals surface area contributed by atoms with Crippen LogP contribution in [0.25, 0.3) is 0 Å². The Kier molecular flexibility index (Phi) is 17.1. The number of aryl methyl sites for hydroxylation is 1. The van der Waals surface area contributed by atoms with Crippen LogP contribution in [0.15, 0.2) is 66.7 Å². The van der Waals surface area contributed by atoms with Crippen molar-refractivity contribution in [3.8, 4) is 0 Å². The summed E-state index contributed by atoms with van der Waals surface area (Å²) in [7, 11) is 0. The van der Waals surface area contributed by atoms with Crippen LogP contribution in [0.3, 0.4) is 0 Å². The molecule has 0 heterocycles. The minimum atomic E-state index is -1.23. The van der Waals surface area contributed by atoms with Crippen LogP contribution in [-0.4, -0.2) is 77.2 Å². The van der Waals surface area contributed by atoms with Crippen LogP contribution in [0.4, 0.5) is 13.6 Å². The first-order chi connectivity index (χ1) is 25.6. The highest BCUT2D eigenvalue weighted by Crippen LogP contribution is 2.17. The van der Waals surface area contributed by atoms with Crippen LogP contribution in [0, 0.1) is 18.6 Å². The molecule has 0 spiro atoms. The summed E-state index contributed by atoms with van der Waals surface area (Å²) in [5.41, 5.74) is 1.77. The van der Waals surface area contributed by atoms with E-state index in [1.165, 1.54) is 6.07 Å². The van der Waals surface area contributed by atoms with E-state index in [1.807, 2.05) is 44.2 Å². The Morgan fingerprint density at radius 1 is 0.815 bits per heavy atom. The number of aliphatic hydroxyl groups is 1. The maximum absolute atomic E-state index is 14.1. The van der Waals surface area contributed by atoms with Crippen molar-refractivity contribution in [1.82, 2.24) is 20.9 Å². The number of hydrogen-bond acceptors (Lipinski definition) is 6. The summed E-state index contributed by atoms with van der Waals surface area (Å²) in [6.45, 7) is 12.3. The number of aliphatic hydroxyl groups excluding tert-OH is 1. The molecule has 0 aliphatic heterocycles. The maximum atomic E-state index is 14.1. The summed E-state index contributed by atoms with van der Waals surface area (Å²) in [6, 6.07) is 16.0. The topological polar surface area (TPSA) is 137 Å². The van der Waals surface area contributed by atoms with Gasteiger partial charge >= 0.3 is 6.09 Å². The van der Waals surface area contributed by atoms with E-state index in [4.69, 9.17) is 4.74 Å². The molecule has 3 aromatic carbocycles. The van der Waals surface area contributed by atoms with Gasteiger partial charge in [0.2, 0.25) is 5.91 Å². The summed E-state index contributed by atoms with van der Waals surface area (Å²) in [5, 5.41) is 19.8. The fraction of sp³-hybridized carbons (Fsp3) is 0.476. The van der Waals surface area contributed by atoms with Crippen molar-refractivity contribution in [2.45, 2.75) is 110 Å². The molecule has 0 aliphatic rings. The summed E-state index contributed by atoms with van der Waals surface area (Å²) in [6.07, 6.45) is 0.552. The lowest BCUT2D eigenvalue weighted by Gasteiger charge is -2.25. The minimum absolute atomic E-state index is 0.0125. The van der Waals surface area contributed by atoms with E-state index in [0.29, 0.717) is 37.1 Å². The summed E-state index contributed by atoms with van der Waals surface area (Å²) < 4.78 is 33.7. The first kappa shape index (κ1) is 43.6. The minimum Gasteiger partial charge on any atom is -0.444 e. The third-order valence-electron chi connectivity index (χ3n) is 8.55. The smallest absolute Gasteiger partial charge is 0.407 e. The number of nitrogens with one attached hydrogen (secondary N) is 3. The predicted molar refractivity (Wildman–Crippen MR) is 205 cm³/mol. The number of halogens is 2. The van der Waals surface area contributed by atoms with E-state index in [-0.39, 0.29) is 54.8 Å². The van der Waals surface area contributed by atoms with Gasteiger partial charge in [-0.1, -0.05) is 44.2 Å². The van der Waals surface area contributed by atoms with Crippen LogP contribution in [0.1, 0.15) is 104 Å². The van der Waals surface area contributed by atoms with Crippen molar-refractivity contribution < 1.29 is 37.8 Å². The maximum Gasteiger partial charge on any atom is 0.407 e. The Hall–Kier alpha value is -4.84. The van der Waals surface area contributed by atoms with Crippen molar-refractivity contribution in [3.05, 3.63) is 106 Å². The Labute approximate surface area is 318 Å². The van der Waals surface area contributed by atoms with Crippen molar-refractivity contribution in [2.24, 2.45) is 0 Å². The van der Waals surface area contributed by atoms with Crippen molar-refractivity contribution in [2.75, 3.05) is 19.6 Å². The number of amides is 4. The van der Waals surface area contributed by atoms with Crippen LogP contribution >= 0.6 is 0 Å². The van der Waals surface area contributed by atoms with Gasteiger partial charge in [-0.15, -0.1) is 0 Å². The zero-order valence-electron chi connectivity index (χ0n) is 32.3. The monoisotopic (exact) mass is 750 g/mol. The van der Waals surface area contributed by atoms with Crippen molar-refractivity contribution >= 4 is 23.8 Å². The van der Waals surface area contributed by atoms with Crippen molar-refractivity contribution in [3.63, 3.8) is 0 Å². The van der Waals surface area contributed by atoms with Gasteiger partial charge in [0.05, 0.1) is 12.1 Å². The normalized spacial score (nSPS) is 13.0. The molecular formula is C42H56F2N4O6. The summed E-state index contributed by atoms with van der Waals surface area (Å²) in [4.78, 5) is 54.2. The number of alkyl carbamates (subject to hydrolysis) is 1. The predicted octanol–water partition coefficient (Wildman–Crippen LogP) is 6.66. The highest BCUT2D eigenvalue weighted by molar-refractivity contribution is 6.00. The second-order valence-corrected chi connectivity index (χ2v) is 14.7. The summed E-state index contributed by atoms with van der Waals surface area (Å²) >= 11 is 0. The van der Waals surface area contributed by atoms with E-state index in [9.17, 15) is 33.1 Å². The van der Waals surface area contributed by atoms with E-state index >= 15 is 0 Å². The zero-order valence-corrected chi connectivity index (χ0v) is 32.3. The second kappa shape index (κ2) is 21.2.